The van der Waals surface area contributed by atoms with Gasteiger partial charge in [-0.05, 0) is 37.0 Å². The largest absolute Gasteiger partial charge is 0.481 e. The molecule has 0 radical (unpaired) electrons. The van der Waals surface area contributed by atoms with E-state index >= 15 is 0 Å². The molecule has 0 aromatic heterocycles. The van der Waals surface area contributed by atoms with Crippen molar-refractivity contribution in [2.24, 2.45) is 11.3 Å². The van der Waals surface area contributed by atoms with Crippen LogP contribution in [0.1, 0.15) is 46.0 Å². The summed E-state index contributed by atoms with van der Waals surface area (Å²) in [4.78, 5) is 27.1. The summed E-state index contributed by atoms with van der Waals surface area (Å²) in [5.41, 5.74) is 0.338. The highest BCUT2D eigenvalue weighted by molar-refractivity contribution is 5.75. The molecule has 2 amide bonds. The Morgan fingerprint density at radius 3 is 2.40 bits per heavy atom. The van der Waals surface area contributed by atoms with Crippen molar-refractivity contribution < 1.29 is 14.7 Å². The highest BCUT2D eigenvalue weighted by Crippen LogP contribution is 2.30. The Balaban J connectivity index is 1.87. The standard InChI is InChI=1S/C15H26N2O3/c1-15(2)5-8-16(9-6-15)14(20)17-7-3-4-12(11-17)10-13(18)19/h12H,3-11H2,1-2H3,(H,18,19). The van der Waals surface area contributed by atoms with E-state index in [0.717, 1.165) is 45.3 Å². The van der Waals surface area contributed by atoms with Gasteiger partial charge in [0.2, 0.25) is 0 Å². The fraction of sp³-hybridized carbons (Fsp3) is 0.867. The summed E-state index contributed by atoms with van der Waals surface area (Å²) in [5.74, 6) is -0.643. The molecular formula is C15H26N2O3. The van der Waals surface area contributed by atoms with E-state index in [1.165, 1.54) is 0 Å². The number of hydrogen-bond acceptors (Lipinski definition) is 2. The predicted octanol–water partition coefficient (Wildman–Crippen LogP) is 2.42. The van der Waals surface area contributed by atoms with Gasteiger partial charge in [0.05, 0.1) is 0 Å². The summed E-state index contributed by atoms with van der Waals surface area (Å²) in [5, 5.41) is 8.88. The van der Waals surface area contributed by atoms with Crippen molar-refractivity contribution in [1.29, 1.82) is 0 Å². The van der Waals surface area contributed by atoms with Gasteiger partial charge in [0, 0.05) is 32.6 Å². The molecule has 0 bridgehead atoms. The lowest BCUT2D eigenvalue weighted by Gasteiger charge is -2.41. The summed E-state index contributed by atoms with van der Waals surface area (Å²) in [6.45, 7) is 7.52. The van der Waals surface area contributed by atoms with Crippen LogP contribution in [-0.2, 0) is 4.79 Å². The molecule has 1 unspecified atom stereocenters. The molecule has 1 N–H and O–H groups in total. The monoisotopic (exact) mass is 282 g/mol. The minimum absolute atomic E-state index is 0.107. The van der Waals surface area contributed by atoms with E-state index in [1.807, 2.05) is 9.80 Å². The average molecular weight is 282 g/mol. The summed E-state index contributed by atoms with van der Waals surface area (Å²) in [6, 6.07) is 0.107. The molecule has 0 saturated carbocycles. The first-order valence-corrected chi connectivity index (χ1v) is 7.63. The van der Waals surface area contributed by atoms with Crippen LogP contribution in [0.5, 0.6) is 0 Å². The molecule has 0 aromatic carbocycles. The highest BCUT2D eigenvalue weighted by atomic mass is 16.4. The van der Waals surface area contributed by atoms with Gasteiger partial charge >= 0.3 is 12.0 Å². The van der Waals surface area contributed by atoms with Crippen molar-refractivity contribution in [3.63, 3.8) is 0 Å². The van der Waals surface area contributed by atoms with Gasteiger partial charge in [-0.15, -0.1) is 0 Å². The molecule has 2 fully saturated rings. The molecule has 2 aliphatic heterocycles. The zero-order valence-corrected chi connectivity index (χ0v) is 12.6. The predicted molar refractivity (Wildman–Crippen MR) is 76.5 cm³/mol. The van der Waals surface area contributed by atoms with E-state index in [9.17, 15) is 9.59 Å². The van der Waals surface area contributed by atoms with Crippen molar-refractivity contribution in [2.75, 3.05) is 26.2 Å². The summed E-state index contributed by atoms with van der Waals surface area (Å²) >= 11 is 0. The molecule has 2 rings (SSSR count). The molecule has 5 nitrogen and oxygen atoms in total. The number of likely N-dealkylation sites (tertiary alicyclic amines) is 2. The minimum Gasteiger partial charge on any atom is -0.481 e. The van der Waals surface area contributed by atoms with E-state index in [4.69, 9.17) is 5.11 Å². The fourth-order valence-electron chi connectivity index (χ4n) is 3.16. The van der Waals surface area contributed by atoms with E-state index in [2.05, 4.69) is 13.8 Å². The van der Waals surface area contributed by atoms with Crippen molar-refractivity contribution in [3.05, 3.63) is 0 Å². The number of piperidine rings is 2. The third kappa shape index (κ3) is 3.87. The summed E-state index contributed by atoms with van der Waals surface area (Å²) in [6.07, 6.45) is 4.11. The molecule has 2 heterocycles. The molecule has 0 aliphatic carbocycles. The number of amides is 2. The first-order valence-electron chi connectivity index (χ1n) is 7.63. The van der Waals surface area contributed by atoms with Gasteiger partial charge in [-0.2, -0.15) is 0 Å². The Bertz CT molecular complexity index is 371. The quantitative estimate of drug-likeness (QED) is 0.846. The first kappa shape index (κ1) is 15.1. The number of carboxylic acid groups (broad SMARTS) is 1. The van der Waals surface area contributed by atoms with Crippen LogP contribution in [0.15, 0.2) is 0 Å². The lowest BCUT2D eigenvalue weighted by Crippen LogP contribution is -2.51. The Labute approximate surface area is 120 Å². The van der Waals surface area contributed by atoms with Gasteiger partial charge in [-0.25, -0.2) is 4.79 Å². The molecule has 0 aromatic rings. The second-order valence-corrected chi connectivity index (χ2v) is 6.99. The maximum atomic E-state index is 12.5. The Kier molecular flexibility index (Phi) is 4.55. The SMILES string of the molecule is CC1(C)CCN(C(=O)N2CCCC(CC(=O)O)C2)CC1. The van der Waals surface area contributed by atoms with Gasteiger partial charge in [-0.1, -0.05) is 13.8 Å². The number of nitrogens with zero attached hydrogens (tertiary/aromatic N) is 2. The lowest BCUT2D eigenvalue weighted by molar-refractivity contribution is -0.138. The zero-order chi connectivity index (χ0) is 14.8. The van der Waals surface area contributed by atoms with E-state index in [0.29, 0.717) is 12.0 Å². The Morgan fingerprint density at radius 1 is 1.15 bits per heavy atom. The number of rotatable bonds is 2. The number of carbonyl (C=O) groups is 2. The first-order chi connectivity index (χ1) is 9.37. The number of aliphatic carboxylic acids is 1. The van der Waals surface area contributed by atoms with E-state index in [1.54, 1.807) is 0 Å². The van der Waals surface area contributed by atoms with E-state index < -0.39 is 5.97 Å². The highest BCUT2D eigenvalue weighted by Gasteiger charge is 2.32. The number of hydrogen-bond donors (Lipinski definition) is 1. The third-order valence-electron chi connectivity index (χ3n) is 4.64. The van der Waals surface area contributed by atoms with Crippen LogP contribution in [0.25, 0.3) is 0 Å². The average Bonchev–Trinajstić information content (AvgIpc) is 2.37. The molecule has 2 aliphatic rings. The molecule has 114 valence electrons. The molecule has 5 heteroatoms. The van der Waals surface area contributed by atoms with Crippen molar-refractivity contribution in [1.82, 2.24) is 9.80 Å². The smallest absolute Gasteiger partial charge is 0.320 e. The number of urea groups is 1. The Hall–Kier alpha value is -1.26. The van der Waals surface area contributed by atoms with Crippen molar-refractivity contribution in [3.8, 4) is 0 Å². The third-order valence-corrected chi connectivity index (χ3v) is 4.64. The van der Waals surface area contributed by atoms with Crippen molar-refractivity contribution >= 4 is 12.0 Å². The topological polar surface area (TPSA) is 60.9 Å². The van der Waals surface area contributed by atoms with Crippen LogP contribution in [0.2, 0.25) is 0 Å². The van der Waals surface area contributed by atoms with Gasteiger partial charge in [0.25, 0.3) is 0 Å². The van der Waals surface area contributed by atoms with Crippen LogP contribution in [0.3, 0.4) is 0 Å². The van der Waals surface area contributed by atoms with Crippen LogP contribution in [-0.4, -0.2) is 53.1 Å². The van der Waals surface area contributed by atoms with E-state index in [-0.39, 0.29) is 18.4 Å². The van der Waals surface area contributed by atoms with Crippen LogP contribution >= 0.6 is 0 Å². The van der Waals surface area contributed by atoms with Crippen LogP contribution < -0.4 is 0 Å². The number of carboxylic acids is 1. The lowest BCUT2D eigenvalue weighted by atomic mass is 9.83. The van der Waals surface area contributed by atoms with Gasteiger partial charge in [-0.3, -0.25) is 4.79 Å². The molecule has 0 spiro atoms. The molecule has 20 heavy (non-hydrogen) atoms. The van der Waals surface area contributed by atoms with Gasteiger partial charge in [0.15, 0.2) is 0 Å². The Morgan fingerprint density at radius 2 is 1.80 bits per heavy atom. The molecular weight excluding hydrogens is 256 g/mol. The van der Waals surface area contributed by atoms with Gasteiger partial charge < -0.3 is 14.9 Å². The zero-order valence-electron chi connectivity index (χ0n) is 12.6. The van der Waals surface area contributed by atoms with Crippen LogP contribution in [0.4, 0.5) is 4.79 Å². The maximum absolute atomic E-state index is 12.5. The normalized spacial score (nSPS) is 26.4. The van der Waals surface area contributed by atoms with Gasteiger partial charge in [0.1, 0.15) is 0 Å². The summed E-state index contributed by atoms with van der Waals surface area (Å²) in [7, 11) is 0. The second kappa shape index (κ2) is 6.02. The minimum atomic E-state index is -0.760. The molecule has 2 saturated heterocycles. The number of carbonyl (C=O) groups excluding carboxylic acids is 1. The summed E-state index contributed by atoms with van der Waals surface area (Å²) < 4.78 is 0. The fourth-order valence-corrected chi connectivity index (χ4v) is 3.16. The second-order valence-electron chi connectivity index (χ2n) is 6.99. The van der Waals surface area contributed by atoms with Crippen molar-refractivity contribution in [2.45, 2.75) is 46.0 Å². The van der Waals surface area contributed by atoms with Crippen LogP contribution in [0, 0.1) is 11.3 Å². The maximum Gasteiger partial charge on any atom is 0.320 e. The molecule has 1 atom stereocenters.